The third-order valence-electron chi connectivity index (χ3n) is 5.19. The van der Waals surface area contributed by atoms with Crippen LogP contribution in [0.25, 0.3) is 0 Å². The molecular weight excluding hydrogens is 496 g/mol. The highest BCUT2D eigenvalue weighted by Crippen LogP contribution is 2.31. The molecule has 194 valence electrons. The SMILES string of the molecule is CC(C)(C)c1cnc(CSc2cnc(NC(=O)CCCCCCC(=O)NOCc3ccccc3)s2)o1. The van der Waals surface area contributed by atoms with E-state index in [2.05, 4.69) is 41.5 Å². The summed E-state index contributed by atoms with van der Waals surface area (Å²) in [7, 11) is 0. The number of hydrogen-bond acceptors (Lipinski definition) is 8. The van der Waals surface area contributed by atoms with Crippen LogP contribution in [0.4, 0.5) is 5.13 Å². The molecule has 2 N–H and O–H groups in total. The van der Waals surface area contributed by atoms with Gasteiger partial charge in [-0.25, -0.2) is 15.4 Å². The molecule has 1 aromatic carbocycles. The summed E-state index contributed by atoms with van der Waals surface area (Å²) >= 11 is 3.03. The van der Waals surface area contributed by atoms with Crippen molar-refractivity contribution >= 4 is 40.0 Å². The van der Waals surface area contributed by atoms with Crippen LogP contribution in [0, 0.1) is 0 Å². The molecule has 10 heteroatoms. The lowest BCUT2D eigenvalue weighted by atomic mass is 9.94. The summed E-state index contributed by atoms with van der Waals surface area (Å²) in [5.74, 6) is 1.99. The first kappa shape index (κ1) is 27.9. The average Bonchev–Trinajstić information content (AvgIpc) is 3.50. The molecular formula is C26H34N4O4S2. The smallest absolute Gasteiger partial charge is 0.243 e. The molecule has 0 saturated heterocycles. The van der Waals surface area contributed by atoms with Crippen molar-refractivity contribution in [3.05, 3.63) is 59.9 Å². The Bertz CT molecular complexity index is 1090. The van der Waals surface area contributed by atoms with Gasteiger partial charge < -0.3 is 9.73 Å². The van der Waals surface area contributed by atoms with E-state index in [9.17, 15) is 9.59 Å². The monoisotopic (exact) mass is 530 g/mol. The molecule has 0 bridgehead atoms. The van der Waals surface area contributed by atoms with Gasteiger partial charge in [-0.1, -0.05) is 75.3 Å². The molecule has 0 aliphatic carbocycles. The van der Waals surface area contributed by atoms with Crippen molar-refractivity contribution in [1.82, 2.24) is 15.4 Å². The predicted molar refractivity (Wildman–Crippen MR) is 143 cm³/mol. The number of carbonyl (C=O) groups is 2. The number of unbranched alkanes of at least 4 members (excludes halogenated alkanes) is 3. The third-order valence-corrected chi connectivity index (χ3v) is 7.28. The third kappa shape index (κ3) is 10.1. The Morgan fingerprint density at radius 1 is 1.00 bits per heavy atom. The zero-order valence-electron chi connectivity index (χ0n) is 21.0. The van der Waals surface area contributed by atoms with Crippen molar-refractivity contribution in [2.75, 3.05) is 5.32 Å². The molecule has 0 saturated carbocycles. The first-order chi connectivity index (χ1) is 17.3. The number of amides is 2. The van der Waals surface area contributed by atoms with Crippen LogP contribution >= 0.6 is 23.1 Å². The fraction of sp³-hybridized carbons (Fsp3) is 0.462. The van der Waals surface area contributed by atoms with Gasteiger partial charge in [-0.2, -0.15) is 0 Å². The fourth-order valence-electron chi connectivity index (χ4n) is 3.17. The minimum absolute atomic E-state index is 0.0459. The Morgan fingerprint density at radius 2 is 1.72 bits per heavy atom. The second kappa shape index (κ2) is 14.2. The van der Waals surface area contributed by atoms with E-state index in [0.717, 1.165) is 41.2 Å². The van der Waals surface area contributed by atoms with Crippen LogP contribution in [0.5, 0.6) is 0 Å². The van der Waals surface area contributed by atoms with E-state index in [4.69, 9.17) is 9.25 Å². The maximum absolute atomic E-state index is 12.2. The van der Waals surface area contributed by atoms with E-state index in [1.807, 2.05) is 30.3 Å². The number of thiazole rings is 1. The molecule has 0 aliphatic rings. The Kier molecular flexibility index (Phi) is 11.0. The van der Waals surface area contributed by atoms with E-state index in [0.29, 0.717) is 36.2 Å². The Hall–Kier alpha value is -2.69. The largest absolute Gasteiger partial charge is 0.444 e. The van der Waals surface area contributed by atoms with Gasteiger partial charge in [-0.05, 0) is 18.4 Å². The molecule has 0 radical (unpaired) electrons. The number of aromatic nitrogens is 2. The molecule has 3 aromatic rings. The van der Waals surface area contributed by atoms with Crippen molar-refractivity contribution < 1.29 is 18.8 Å². The van der Waals surface area contributed by atoms with Crippen molar-refractivity contribution in [3.63, 3.8) is 0 Å². The standard InChI is InChI=1S/C26H34N4O4S2/c1-26(2,3)20-15-27-23(34-20)18-35-24-16-28-25(36-24)29-21(31)13-9-4-5-10-14-22(32)30-33-17-19-11-7-6-8-12-19/h6-8,11-12,15-16H,4-5,9-10,13-14,17-18H2,1-3H3,(H,30,32)(H,28,29,31). The number of nitrogens with one attached hydrogen (secondary N) is 2. The lowest BCUT2D eigenvalue weighted by Gasteiger charge is -2.12. The van der Waals surface area contributed by atoms with Crippen LogP contribution < -0.4 is 10.8 Å². The zero-order valence-corrected chi connectivity index (χ0v) is 22.7. The predicted octanol–water partition coefficient (Wildman–Crippen LogP) is 6.25. The van der Waals surface area contributed by atoms with Gasteiger partial charge in [0.05, 0.1) is 29.0 Å². The molecule has 8 nitrogen and oxygen atoms in total. The van der Waals surface area contributed by atoms with Gasteiger partial charge in [0.15, 0.2) is 5.13 Å². The number of hydroxylamine groups is 1. The van der Waals surface area contributed by atoms with Crippen LogP contribution in [0.3, 0.4) is 0 Å². The van der Waals surface area contributed by atoms with Gasteiger partial charge in [0.2, 0.25) is 17.7 Å². The van der Waals surface area contributed by atoms with Gasteiger partial charge in [-0.15, -0.1) is 11.8 Å². The number of anilines is 1. The Labute approximate surface area is 220 Å². The van der Waals surface area contributed by atoms with Crippen molar-refractivity contribution in [2.24, 2.45) is 0 Å². The summed E-state index contributed by atoms with van der Waals surface area (Å²) in [6.45, 7) is 6.61. The normalized spacial score (nSPS) is 11.4. The molecule has 36 heavy (non-hydrogen) atoms. The maximum atomic E-state index is 12.2. The highest BCUT2D eigenvalue weighted by Gasteiger charge is 2.19. The Morgan fingerprint density at radius 3 is 2.42 bits per heavy atom. The molecule has 3 rings (SSSR count). The van der Waals surface area contributed by atoms with E-state index in [-0.39, 0.29) is 17.2 Å². The molecule has 0 atom stereocenters. The quantitative estimate of drug-likeness (QED) is 0.144. The van der Waals surface area contributed by atoms with Crippen molar-refractivity contribution in [3.8, 4) is 0 Å². The van der Waals surface area contributed by atoms with E-state index in [1.165, 1.54) is 11.3 Å². The summed E-state index contributed by atoms with van der Waals surface area (Å²) in [6.07, 6.45) is 7.68. The van der Waals surface area contributed by atoms with Crippen molar-refractivity contribution in [2.45, 2.75) is 81.3 Å². The van der Waals surface area contributed by atoms with E-state index >= 15 is 0 Å². The molecule has 0 fully saturated rings. The highest BCUT2D eigenvalue weighted by molar-refractivity contribution is 8.00. The van der Waals surface area contributed by atoms with Crippen LogP contribution in [-0.4, -0.2) is 21.8 Å². The topological polar surface area (TPSA) is 106 Å². The molecule has 0 unspecified atom stereocenters. The maximum Gasteiger partial charge on any atom is 0.243 e. The highest BCUT2D eigenvalue weighted by atomic mass is 32.2. The minimum Gasteiger partial charge on any atom is -0.444 e. The summed E-state index contributed by atoms with van der Waals surface area (Å²) in [5.41, 5.74) is 3.41. The number of oxazole rings is 1. The summed E-state index contributed by atoms with van der Waals surface area (Å²) in [6, 6.07) is 9.68. The lowest BCUT2D eigenvalue weighted by Crippen LogP contribution is -2.23. The van der Waals surface area contributed by atoms with Crippen LogP contribution in [0.1, 0.15) is 76.5 Å². The number of benzene rings is 1. The minimum atomic E-state index is -0.126. The van der Waals surface area contributed by atoms with Gasteiger partial charge in [0.25, 0.3) is 0 Å². The summed E-state index contributed by atoms with van der Waals surface area (Å²) in [5, 5.41) is 3.46. The van der Waals surface area contributed by atoms with Gasteiger partial charge in [0.1, 0.15) is 5.76 Å². The molecule has 2 heterocycles. The number of rotatable bonds is 14. The average molecular weight is 531 g/mol. The lowest BCUT2D eigenvalue weighted by molar-refractivity contribution is -0.134. The zero-order chi connectivity index (χ0) is 25.8. The first-order valence-electron chi connectivity index (χ1n) is 12.1. The summed E-state index contributed by atoms with van der Waals surface area (Å²) in [4.78, 5) is 37.9. The number of nitrogens with zero attached hydrogens (tertiary/aromatic N) is 2. The number of thioether (sulfide) groups is 1. The number of carbonyl (C=O) groups excluding carboxylic acids is 2. The second-order valence-corrected chi connectivity index (χ2v) is 11.7. The van der Waals surface area contributed by atoms with Gasteiger partial charge in [0, 0.05) is 18.3 Å². The van der Waals surface area contributed by atoms with Gasteiger partial charge >= 0.3 is 0 Å². The Balaban J connectivity index is 1.22. The van der Waals surface area contributed by atoms with E-state index in [1.54, 1.807) is 24.2 Å². The van der Waals surface area contributed by atoms with E-state index < -0.39 is 0 Å². The molecule has 0 aliphatic heterocycles. The van der Waals surface area contributed by atoms with Crippen LogP contribution in [0.15, 0.2) is 51.4 Å². The van der Waals surface area contributed by atoms with Crippen LogP contribution in [-0.2, 0) is 32.2 Å². The first-order valence-corrected chi connectivity index (χ1v) is 13.9. The van der Waals surface area contributed by atoms with Crippen LogP contribution in [0.2, 0.25) is 0 Å². The number of hydrogen-bond donors (Lipinski definition) is 2. The van der Waals surface area contributed by atoms with Crippen molar-refractivity contribution in [1.29, 1.82) is 0 Å². The summed E-state index contributed by atoms with van der Waals surface area (Å²) < 4.78 is 6.81. The fourth-order valence-corrected chi connectivity index (χ4v) is 4.91. The molecule has 2 amide bonds. The van der Waals surface area contributed by atoms with Gasteiger partial charge in [-0.3, -0.25) is 14.4 Å². The second-order valence-electron chi connectivity index (χ2n) is 9.40. The molecule has 0 spiro atoms. The molecule has 2 aromatic heterocycles.